The molecule has 3 heteroatoms. The second kappa shape index (κ2) is 6.39. The average molecular weight is 244 g/mol. The van der Waals surface area contributed by atoms with Crippen molar-refractivity contribution >= 4 is 0 Å². The van der Waals surface area contributed by atoms with Crippen molar-refractivity contribution in [3.8, 4) is 17.7 Å². The first-order valence-electron chi connectivity index (χ1n) is 6.65. The molecule has 1 saturated carbocycles. The number of hydrogen-bond acceptors (Lipinski definition) is 3. The summed E-state index contributed by atoms with van der Waals surface area (Å²) in [6, 6.07) is 1.98. The first-order chi connectivity index (χ1) is 8.81. The highest BCUT2D eigenvalue weighted by Gasteiger charge is 2.24. The quantitative estimate of drug-likeness (QED) is 0.766. The summed E-state index contributed by atoms with van der Waals surface area (Å²) in [6.07, 6.45) is 6.78. The lowest BCUT2D eigenvalue weighted by Gasteiger charge is -2.28. The van der Waals surface area contributed by atoms with Crippen LogP contribution in [-0.2, 0) is 0 Å². The van der Waals surface area contributed by atoms with Crippen molar-refractivity contribution in [3.05, 3.63) is 18.1 Å². The molecule has 1 fully saturated rings. The topological polar surface area (TPSA) is 35.0 Å². The molecular weight excluding hydrogens is 224 g/mol. The molecule has 0 bridgehead atoms. The smallest absolute Gasteiger partial charge is 0.217 e. The zero-order valence-corrected chi connectivity index (χ0v) is 11.1. The lowest BCUT2D eigenvalue weighted by atomic mass is 9.78. The molecule has 2 rings (SSSR count). The lowest BCUT2D eigenvalue weighted by Crippen LogP contribution is -2.16. The van der Waals surface area contributed by atoms with Gasteiger partial charge < -0.3 is 4.74 Å². The van der Waals surface area contributed by atoms with Crippen molar-refractivity contribution in [1.82, 2.24) is 9.97 Å². The van der Waals surface area contributed by atoms with Crippen LogP contribution in [0.15, 0.2) is 12.4 Å². The Morgan fingerprint density at radius 1 is 1.33 bits per heavy atom. The summed E-state index contributed by atoms with van der Waals surface area (Å²) in [5, 5.41) is 0. The van der Waals surface area contributed by atoms with Gasteiger partial charge in [-0.15, -0.1) is 5.92 Å². The zero-order valence-electron chi connectivity index (χ0n) is 11.1. The number of ether oxygens (including phenoxy) is 1. The summed E-state index contributed by atoms with van der Waals surface area (Å²) < 4.78 is 5.49. The molecular formula is C15H20N2O. The Labute approximate surface area is 109 Å². The Hall–Kier alpha value is -1.56. The van der Waals surface area contributed by atoms with Crippen molar-refractivity contribution in [3.63, 3.8) is 0 Å². The SMILES string of the molecule is CC#CCOc1cc(C2CCCCC2C)ncn1. The molecule has 0 spiro atoms. The third-order valence-corrected chi connectivity index (χ3v) is 3.62. The first kappa shape index (κ1) is 12.9. The van der Waals surface area contributed by atoms with Crippen LogP contribution in [0, 0.1) is 17.8 Å². The van der Waals surface area contributed by atoms with E-state index >= 15 is 0 Å². The van der Waals surface area contributed by atoms with E-state index in [2.05, 4.69) is 28.7 Å². The Kier molecular flexibility index (Phi) is 4.58. The van der Waals surface area contributed by atoms with Gasteiger partial charge in [-0.1, -0.05) is 32.1 Å². The molecule has 0 saturated heterocycles. The van der Waals surface area contributed by atoms with Gasteiger partial charge in [0.1, 0.15) is 6.33 Å². The highest BCUT2D eigenvalue weighted by molar-refractivity contribution is 5.18. The van der Waals surface area contributed by atoms with Crippen LogP contribution in [0.1, 0.15) is 51.1 Å². The fourth-order valence-corrected chi connectivity index (χ4v) is 2.57. The Balaban J connectivity index is 2.07. The van der Waals surface area contributed by atoms with Crippen LogP contribution in [0.5, 0.6) is 5.88 Å². The molecule has 2 atom stereocenters. The van der Waals surface area contributed by atoms with Crippen LogP contribution in [0.3, 0.4) is 0 Å². The van der Waals surface area contributed by atoms with Gasteiger partial charge in [-0.3, -0.25) is 0 Å². The standard InChI is InChI=1S/C15H20N2O/c1-3-4-9-18-15-10-14(16-11-17-15)13-8-6-5-7-12(13)2/h10-13H,5-9H2,1-2H3. The van der Waals surface area contributed by atoms with Gasteiger partial charge in [-0.2, -0.15) is 0 Å². The van der Waals surface area contributed by atoms with E-state index < -0.39 is 0 Å². The maximum Gasteiger partial charge on any atom is 0.217 e. The molecule has 1 aromatic heterocycles. The monoisotopic (exact) mass is 244 g/mol. The van der Waals surface area contributed by atoms with E-state index in [0.29, 0.717) is 24.3 Å². The van der Waals surface area contributed by atoms with Gasteiger partial charge in [-0.25, -0.2) is 9.97 Å². The van der Waals surface area contributed by atoms with Gasteiger partial charge in [0.05, 0.1) is 5.69 Å². The highest BCUT2D eigenvalue weighted by atomic mass is 16.5. The van der Waals surface area contributed by atoms with E-state index in [-0.39, 0.29) is 0 Å². The molecule has 0 aliphatic heterocycles. The molecule has 0 aromatic carbocycles. The van der Waals surface area contributed by atoms with E-state index in [1.54, 1.807) is 13.3 Å². The van der Waals surface area contributed by atoms with Crippen LogP contribution < -0.4 is 4.74 Å². The summed E-state index contributed by atoms with van der Waals surface area (Å²) in [5.41, 5.74) is 1.12. The van der Waals surface area contributed by atoms with E-state index in [4.69, 9.17) is 4.74 Å². The summed E-state index contributed by atoms with van der Waals surface area (Å²) >= 11 is 0. The van der Waals surface area contributed by atoms with Gasteiger partial charge >= 0.3 is 0 Å². The molecule has 2 unspecified atom stereocenters. The second-order valence-corrected chi connectivity index (χ2v) is 4.86. The molecule has 3 nitrogen and oxygen atoms in total. The van der Waals surface area contributed by atoms with Crippen LogP contribution in [-0.4, -0.2) is 16.6 Å². The molecule has 1 aliphatic rings. The Morgan fingerprint density at radius 3 is 2.94 bits per heavy atom. The molecule has 0 amide bonds. The minimum atomic E-state index is 0.396. The van der Waals surface area contributed by atoms with Crippen molar-refractivity contribution in [2.45, 2.75) is 45.4 Å². The third-order valence-electron chi connectivity index (χ3n) is 3.62. The largest absolute Gasteiger partial charge is 0.464 e. The van der Waals surface area contributed by atoms with Crippen LogP contribution >= 0.6 is 0 Å². The zero-order chi connectivity index (χ0) is 12.8. The van der Waals surface area contributed by atoms with Crippen molar-refractivity contribution in [2.24, 2.45) is 5.92 Å². The average Bonchev–Trinajstić information content (AvgIpc) is 2.40. The predicted octanol–water partition coefficient (Wildman–Crippen LogP) is 3.17. The summed E-state index contributed by atoms with van der Waals surface area (Å²) in [7, 11) is 0. The molecule has 1 heterocycles. The minimum absolute atomic E-state index is 0.396. The fourth-order valence-electron chi connectivity index (χ4n) is 2.57. The predicted molar refractivity (Wildman–Crippen MR) is 71.4 cm³/mol. The maximum absolute atomic E-state index is 5.49. The van der Waals surface area contributed by atoms with E-state index in [1.165, 1.54) is 25.7 Å². The molecule has 1 aliphatic carbocycles. The second-order valence-electron chi connectivity index (χ2n) is 4.86. The van der Waals surface area contributed by atoms with E-state index in [0.717, 1.165) is 5.69 Å². The Morgan fingerprint density at radius 2 is 2.17 bits per heavy atom. The highest BCUT2D eigenvalue weighted by Crippen LogP contribution is 2.36. The van der Waals surface area contributed by atoms with Gasteiger partial charge in [0.2, 0.25) is 5.88 Å². The molecule has 1 aromatic rings. The van der Waals surface area contributed by atoms with Crippen molar-refractivity contribution in [1.29, 1.82) is 0 Å². The lowest BCUT2D eigenvalue weighted by molar-refractivity contribution is 0.319. The summed E-state index contributed by atoms with van der Waals surface area (Å²) in [6.45, 7) is 4.51. The normalized spacial score (nSPS) is 23.0. The summed E-state index contributed by atoms with van der Waals surface area (Å²) in [4.78, 5) is 8.54. The molecule has 0 N–H and O–H groups in total. The van der Waals surface area contributed by atoms with Gasteiger partial charge in [0.15, 0.2) is 6.61 Å². The van der Waals surface area contributed by atoms with Crippen molar-refractivity contribution in [2.75, 3.05) is 6.61 Å². The third kappa shape index (κ3) is 3.22. The van der Waals surface area contributed by atoms with E-state index in [1.807, 2.05) is 6.07 Å². The van der Waals surface area contributed by atoms with Gasteiger partial charge in [0, 0.05) is 12.0 Å². The van der Waals surface area contributed by atoms with E-state index in [9.17, 15) is 0 Å². The number of hydrogen-bond donors (Lipinski definition) is 0. The maximum atomic E-state index is 5.49. The number of nitrogens with zero attached hydrogens (tertiary/aromatic N) is 2. The Bertz CT molecular complexity index is 447. The molecule has 18 heavy (non-hydrogen) atoms. The minimum Gasteiger partial charge on any atom is -0.464 e. The van der Waals surface area contributed by atoms with Crippen LogP contribution in [0.25, 0.3) is 0 Å². The molecule has 0 radical (unpaired) electrons. The van der Waals surface area contributed by atoms with Crippen LogP contribution in [0.4, 0.5) is 0 Å². The van der Waals surface area contributed by atoms with Gasteiger partial charge in [-0.05, 0) is 19.3 Å². The fraction of sp³-hybridized carbons (Fsp3) is 0.600. The van der Waals surface area contributed by atoms with Crippen molar-refractivity contribution < 1.29 is 4.74 Å². The van der Waals surface area contributed by atoms with Crippen LogP contribution in [0.2, 0.25) is 0 Å². The van der Waals surface area contributed by atoms with Gasteiger partial charge in [0.25, 0.3) is 0 Å². The number of rotatable bonds is 3. The number of aromatic nitrogens is 2. The first-order valence-corrected chi connectivity index (χ1v) is 6.65. The summed E-state index contributed by atoms with van der Waals surface area (Å²) in [5.74, 6) is 7.58. The molecule has 96 valence electrons.